The summed E-state index contributed by atoms with van der Waals surface area (Å²) in [6, 6.07) is 2.08. The fourth-order valence-corrected chi connectivity index (χ4v) is 2.41. The van der Waals surface area contributed by atoms with Gasteiger partial charge in [0.15, 0.2) is 0 Å². The van der Waals surface area contributed by atoms with Crippen LogP contribution in [0.25, 0.3) is 0 Å². The van der Waals surface area contributed by atoms with E-state index < -0.39 is 0 Å². The largest absolute Gasteiger partial charge is 0.370 e. The van der Waals surface area contributed by atoms with Crippen molar-refractivity contribution in [2.45, 2.75) is 19.8 Å². The van der Waals surface area contributed by atoms with E-state index in [0.717, 1.165) is 36.3 Å². The predicted molar refractivity (Wildman–Crippen MR) is 75.4 cm³/mol. The number of anilines is 1. The molecule has 4 heteroatoms. The molecule has 0 spiro atoms. The molecule has 0 fully saturated rings. The topological polar surface area (TPSA) is 37.0 Å². The highest BCUT2D eigenvalue weighted by atomic mass is 79.9. The van der Waals surface area contributed by atoms with Crippen LogP contribution in [0, 0.1) is 6.92 Å². The summed E-state index contributed by atoms with van der Waals surface area (Å²) in [6.07, 6.45) is 6.42. The minimum absolute atomic E-state index is 0.960. The molecule has 0 aliphatic carbocycles. The molecular weight excluding hydrogens is 278 g/mol. The van der Waals surface area contributed by atoms with Crippen molar-refractivity contribution in [1.82, 2.24) is 10.3 Å². The SMILES string of the molecule is Cc1cc(Br)cnc1NCCC1=CCNCC1. The molecule has 0 saturated heterocycles. The zero-order chi connectivity index (χ0) is 12.1. The van der Waals surface area contributed by atoms with Crippen LogP contribution in [0.3, 0.4) is 0 Å². The van der Waals surface area contributed by atoms with Gasteiger partial charge in [-0.25, -0.2) is 4.98 Å². The van der Waals surface area contributed by atoms with E-state index in [-0.39, 0.29) is 0 Å². The lowest BCUT2D eigenvalue weighted by molar-refractivity contribution is 0.683. The van der Waals surface area contributed by atoms with E-state index in [0.29, 0.717) is 0 Å². The normalized spacial score (nSPS) is 15.5. The quantitative estimate of drug-likeness (QED) is 0.839. The van der Waals surface area contributed by atoms with Gasteiger partial charge in [0.25, 0.3) is 0 Å². The van der Waals surface area contributed by atoms with Crippen molar-refractivity contribution in [3.63, 3.8) is 0 Å². The molecule has 92 valence electrons. The van der Waals surface area contributed by atoms with Gasteiger partial charge in [0.05, 0.1) is 0 Å². The number of hydrogen-bond acceptors (Lipinski definition) is 3. The van der Waals surface area contributed by atoms with Crippen molar-refractivity contribution in [2.24, 2.45) is 0 Å². The molecule has 3 nitrogen and oxygen atoms in total. The molecule has 2 N–H and O–H groups in total. The smallest absolute Gasteiger partial charge is 0.128 e. The molecule has 17 heavy (non-hydrogen) atoms. The van der Waals surface area contributed by atoms with Gasteiger partial charge in [-0.1, -0.05) is 11.6 Å². The summed E-state index contributed by atoms with van der Waals surface area (Å²) >= 11 is 3.42. The fraction of sp³-hybridized carbons (Fsp3) is 0.462. The number of aryl methyl sites for hydroxylation is 1. The second kappa shape index (κ2) is 6.17. The lowest BCUT2D eigenvalue weighted by Crippen LogP contribution is -2.21. The van der Waals surface area contributed by atoms with Gasteiger partial charge < -0.3 is 10.6 Å². The molecule has 1 aliphatic heterocycles. The Labute approximate surface area is 111 Å². The van der Waals surface area contributed by atoms with Gasteiger partial charge in [0.1, 0.15) is 5.82 Å². The van der Waals surface area contributed by atoms with Gasteiger partial charge in [-0.15, -0.1) is 0 Å². The summed E-state index contributed by atoms with van der Waals surface area (Å²) in [7, 11) is 0. The van der Waals surface area contributed by atoms with Crippen LogP contribution < -0.4 is 10.6 Å². The molecule has 0 atom stereocenters. The molecule has 0 saturated carbocycles. The molecule has 1 aromatic rings. The van der Waals surface area contributed by atoms with Crippen molar-refractivity contribution in [3.8, 4) is 0 Å². The summed E-state index contributed by atoms with van der Waals surface area (Å²) in [5, 5.41) is 6.72. The Balaban J connectivity index is 1.83. The molecule has 2 rings (SSSR count). The van der Waals surface area contributed by atoms with Crippen LogP contribution in [0.5, 0.6) is 0 Å². The summed E-state index contributed by atoms with van der Waals surface area (Å²) in [6.45, 7) is 5.16. The van der Waals surface area contributed by atoms with Gasteiger partial charge in [-0.05, 0) is 53.9 Å². The van der Waals surface area contributed by atoms with Crippen molar-refractivity contribution in [1.29, 1.82) is 0 Å². The van der Waals surface area contributed by atoms with Crippen LogP contribution in [0.15, 0.2) is 28.4 Å². The summed E-state index contributed by atoms with van der Waals surface area (Å²) in [4.78, 5) is 4.37. The molecule has 0 unspecified atom stereocenters. The third kappa shape index (κ3) is 3.82. The van der Waals surface area contributed by atoms with Gasteiger partial charge in [0.2, 0.25) is 0 Å². The van der Waals surface area contributed by atoms with E-state index in [2.05, 4.69) is 50.6 Å². The molecule has 2 heterocycles. The Hall–Kier alpha value is -0.870. The van der Waals surface area contributed by atoms with Crippen LogP contribution in [0.4, 0.5) is 5.82 Å². The summed E-state index contributed by atoms with van der Waals surface area (Å²) < 4.78 is 1.03. The Morgan fingerprint density at radius 1 is 1.53 bits per heavy atom. The first kappa shape index (κ1) is 12.6. The highest BCUT2D eigenvalue weighted by molar-refractivity contribution is 9.10. The lowest BCUT2D eigenvalue weighted by atomic mass is 10.1. The Morgan fingerprint density at radius 3 is 3.12 bits per heavy atom. The van der Waals surface area contributed by atoms with Crippen molar-refractivity contribution in [3.05, 3.63) is 33.9 Å². The van der Waals surface area contributed by atoms with Crippen LogP contribution in [-0.4, -0.2) is 24.6 Å². The fourth-order valence-electron chi connectivity index (χ4n) is 1.96. The molecule has 1 aromatic heterocycles. The molecule has 0 aromatic carbocycles. The van der Waals surface area contributed by atoms with E-state index in [1.807, 2.05) is 6.20 Å². The van der Waals surface area contributed by atoms with Gasteiger partial charge in [0, 0.05) is 23.8 Å². The van der Waals surface area contributed by atoms with E-state index in [1.165, 1.54) is 12.0 Å². The van der Waals surface area contributed by atoms with Crippen molar-refractivity contribution < 1.29 is 0 Å². The maximum Gasteiger partial charge on any atom is 0.128 e. The van der Waals surface area contributed by atoms with Crippen molar-refractivity contribution in [2.75, 3.05) is 25.0 Å². The molecular formula is C13H18BrN3. The Bertz CT molecular complexity index is 415. The maximum absolute atomic E-state index is 4.37. The molecule has 1 aliphatic rings. The van der Waals surface area contributed by atoms with Crippen LogP contribution in [0.1, 0.15) is 18.4 Å². The third-order valence-electron chi connectivity index (χ3n) is 2.94. The average Bonchev–Trinajstić information content (AvgIpc) is 2.33. The first-order valence-electron chi connectivity index (χ1n) is 6.00. The number of aromatic nitrogens is 1. The van der Waals surface area contributed by atoms with Gasteiger partial charge in [-0.2, -0.15) is 0 Å². The highest BCUT2D eigenvalue weighted by Gasteiger charge is 2.04. The highest BCUT2D eigenvalue weighted by Crippen LogP contribution is 2.17. The molecule has 0 radical (unpaired) electrons. The number of hydrogen-bond donors (Lipinski definition) is 2. The summed E-state index contributed by atoms with van der Waals surface area (Å²) in [5.41, 5.74) is 2.73. The van der Waals surface area contributed by atoms with Gasteiger partial charge in [-0.3, -0.25) is 0 Å². The zero-order valence-corrected chi connectivity index (χ0v) is 11.7. The second-order valence-corrected chi connectivity index (χ2v) is 5.23. The monoisotopic (exact) mass is 295 g/mol. The van der Waals surface area contributed by atoms with E-state index in [9.17, 15) is 0 Å². The second-order valence-electron chi connectivity index (χ2n) is 4.31. The maximum atomic E-state index is 4.37. The van der Waals surface area contributed by atoms with E-state index in [1.54, 1.807) is 5.57 Å². The average molecular weight is 296 g/mol. The standard InChI is InChI=1S/C13H18BrN3/c1-10-8-12(14)9-17-13(10)16-7-4-11-2-5-15-6-3-11/h2,8-9,15H,3-7H2,1H3,(H,16,17). The summed E-state index contributed by atoms with van der Waals surface area (Å²) in [5.74, 6) is 0.989. The number of rotatable bonds is 4. The number of halogens is 1. The minimum atomic E-state index is 0.960. The van der Waals surface area contributed by atoms with E-state index >= 15 is 0 Å². The zero-order valence-electron chi connectivity index (χ0n) is 10.1. The van der Waals surface area contributed by atoms with E-state index in [4.69, 9.17) is 0 Å². The third-order valence-corrected chi connectivity index (χ3v) is 3.38. The minimum Gasteiger partial charge on any atom is -0.370 e. The van der Waals surface area contributed by atoms with Crippen LogP contribution >= 0.6 is 15.9 Å². The molecule has 0 amide bonds. The van der Waals surface area contributed by atoms with Crippen molar-refractivity contribution >= 4 is 21.7 Å². The Kier molecular flexibility index (Phi) is 4.57. The van der Waals surface area contributed by atoms with Gasteiger partial charge >= 0.3 is 0 Å². The number of pyridine rings is 1. The van der Waals surface area contributed by atoms with Crippen LogP contribution in [-0.2, 0) is 0 Å². The molecule has 0 bridgehead atoms. The number of nitrogens with one attached hydrogen (secondary N) is 2. The van der Waals surface area contributed by atoms with Crippen LogP contribution in [0.2, 0.25) is 0 Å². The predicted octanol–water partition coefficient (Wildman–Crippen LogP) is 2.87. The first-order chi connectivity index (χ1) is 8.25. The lowest BCUT2D eigenvalue weighted by Gasteiger charge is -2.15. The Morgan fingerprint density at radius 2 is 2.41 bits per heavy atom. The first-order valence-corrected chi connectivity index (χ1v) is 6.79. The number of nitrogens with zero attached hydrogens (tertiary/aromatic N) is 1.